The van der Waals surface area contributed by atoms with Gasteiger partial charge in [0.15, 0.2) is 0 Å². The Morgan fingerprint density at radius 3 is 2.28 bits per heavy atom. The average molecular weight is 244 g/mol. The highest BCUT2D eigenvalue weighted by molar-refractivity contribution is 5.34. The van der Waals surface area contributed by atoms with Crippen molar-refractivity contribution in [2.45, 2.75) is 47.3 Å². The van der Waals surface area contributed by atoms with Gasteiger partial charge in [-0.15, -0.1) is 0 Å². The second-order valence-electron chi connectivity index (χ2n) is 5.40. The minimum atomic E-state index is 0.449. The molecule has 1 atom stereocenters. The molecule has 0 saturated carbocycles. The highest BCUT2D eigenvalue weighted by Gasteiger charge is 2.28. The minimum Gasteiger partial charge on any atom is -0.357 e. The van der Waals surface area contributed by atoms with Gasteiger partial charge in [-0.25, -0.2) is 0 Å². The van der Waals surface area contributed by atoms with Crippen LogP contribution in [-0.4, -0.2) is 23.0 Å². The first-order valence-corrected chi connectivity index (χ1v) is 6.65. The van der Waals surface area contributed by atoms with Crippen molar-refractivity contribution in [3.63, 3.8) is 0 Å². The highest BCUT2D eigenvalue weighted by Crippen LogP contribution is 2.29. The number of allylic oxidation sites excluding steroid dienone is 2. The maximum atomic E-state index is 2.48. The summed E-state index contributed by atoms with van der Waals surface area (Å²) in [5.41, 5.74) is 7.01. The molecule has 0 aliphatic carbocycles. The third-order valence-electron chi connectivity index (χ3n) is 4.55. The monoisotopic (exact) mass is 244 g/mol. The lowest BCUT2D eigenvalue weighted by atomic mass is 10.0. The van der Waals surface area contributed by atoms with E-state index in [-0.39, 0.29) is 0 Å². The van der Waals surface area contributed by atoms with Crippen molar-refractivity contribution in [1.82, 2.24) is 9.80 Å². The third-order valence-corrected chi connectivity index (χ3v) is 4.55. The molecule has 1 heterocycles. The van der Waals surface area contributed by atoms with Gasteiger partial charge in [-0.05, 0) is 51.3 Å². The SMILES string of the molecule is CC1=C(C)N(Cc2cccc(C)c2C)[C@H](C)N1C. The maximum Gasteiger partial charge on any atom is 0.0982 e. The van der Waals surface area contributed by atoms with Gasteiger partial charge in [-0.2, -0.15) is 0 Å². The third kappa shape index (κ3) is 2.00. The van der Waals surface area contributed by atoms with E-state index < -0.39 is 0 Å². The van der Waals surface area contributed by atoms with E-state index in [0.29, 0.717) is 6.17 Å². The Balaban J connectivity index is 2.28. The predicted molar refractivity (Wildman–Crippen MR) is 77.1 cm³/mol. The Bertz CT molecular complexity index is 488. The van der Waals surface area contributed by atoms with Gasteiger partial charge < -0.3 is 9.80 Å². The second kappa shape index (κ2) is 4.68. The fourth-order valence-corrected chi connectivity index (χ4v) is 2.65. The molecule has 0 radical (unpaired) electrons. The zero-order valence-corrected chi connectivity index (χ0v) is 12.4. The van der Waals surface area contributed by atoms with E-state index in [4.69, 9.17) is 0 Å². The predicted octanol–water partition coefficient (Wildman–Crippen LogP) is 3.65. The molecule has 0 bridgehead atoms. The second-order valence-corrected chi connectivity index (χ2v) is 5.40. The molecule has 2 rings (SSSR count). The quantitative estimate of drug-likeness (QED) is 0.783. The maximum absolute atomic E-state index is 2.48. The van der Waals surface area contributed by atoms with E-state index in [2.05, 4.69) is 69.7 Å². The Hall–Kier alpha value is -1.44. The van der Waals surface area contributed by atoms with E-state index in [1.54, 1.807) is 0 Å². The lowest BCUT2D eigenvalue weighted by Gasteiger charge is -2.30. The number of benzene rings is 1. The molecule has 0 fully saturated rings. The molecule has 0 N–H and O–H groups in total. The summed E-state index contributed by atoms with van der Waals surface area (Å²) in [6.45, 7) is 12.1. The summed E-state index contributed by atoms with van der Waals surface area (Å²) in [4.78, 5) is 4.83. The molecule has 18 heavy (non-hydrogen) atoms. The average Bonchev–Trinajstić information content (AvgIpc) is 2.52. The molecule has 0 amide bonds. The van der Waals surface area contributed by atoms with Crippen molar-refractivity contribution in [2.24, 2.45) is 0 Å². The van der Waals surface area contributed by atoms with Crippen LogP contribution in [0, 0.1) is 13.8 Å². The van der Waals surface area contributed by atoms with E-state index in [1.807, 2.05) is 0 Å². The zero-order valence-electron chi connectivity index (χ0n) is 12.4. The molecule has 0 spiro atoms. The fraction of sp³-hybridized carbons (Fsp3) is 0.500. The topological polar surface area (TPSA) is 6.48 Å². The van der Waals surface area contributed by atoms with Crippen LogP contribution in [0.15, 0.2) is 29.6 Å². The van der Waals surface area contributed by atoms with Gasteiger partial charge in [0.05, 0.1) is 6.17 Å². The standard InChI is InChI=1S/C16H24N2/c1-11-8-7-9-16(12(11)2)10-18-14(4)13(3)17(6)15(18)5/h7-9,15H,10H2,1-6H3/t15-/m1/s1. The molecule has 1 aromatic rings. The van der Waals surface area contributed by atoms with Crippen LogP contribution in [0.4, 0.5) is 0 Å². The van der Waals surface area contributed by atoms with Gasteiger partial charge in [0.1, 0.15) is 0 Å². The first-order chi connectivity index (χ1) is 8.43. The number of rotatable bonds is 2. The lowest BCUT2D eigenvalue weighted by Crippen LogP contribution is -2.35. The molecule has 0 aromatic heterocycles. The number of hydrogen-bond acceptors (Lipinski definition) is 2. The van der Waals surface area contributed by atoms with Crippen LogP contribution in [0.25, 0.3) is 0 Å². The number of aryl methyl sites for hydroxylation is 1. The molecule has 1 aromatic carbocycles. The normalized spacial score (nSPS) is 20.0. The van der Waals surface area contributed by atoms with Crippen LogP contribution in [0.5, 0.6) is 0 Å². The van der Waals surface area contributed by atoms with Crippen LogP contribution in [0.3, 0.4) is 0 Å². The van der Waals surface area contributed by atoms with Crippen LogP contribution >= 0.6 is 0 Å². The Kier molecular flexibility index (Phi) is 3.38. The van der Waals surface area contributed by atoms with Crippen LogP contribution in [-0.2, 0) is 6.54 Å². The summed E-state index contributed by atoms with van der Waals surface area (Å²) >= 11 is 0. The summed E-state index contributed by atoms with van der Waals surface area (Å²) in [6, 6.07) is 6.59. The van der Waals surface area contributed by atoms with Crippen LogP contribution in [0.2, 0.25) is 0 Å². The fourth-order valence-electron chi connectivity index (χ4n) is 2.65. The van der Waals surface area contributed by atoms with E-state index in [1.165, 1.54) is 28.1 Å². The van der Waals surface area contributed by atoms with E-state index >= 15 is 0 Å². The molecule has 1 aliphatic heterocycles. The Labute approximate surface area is 111 Å². The summed E-state index contributed by atoms with van der Waals surface area (Å²) in [5.74, 6) is 0. The summed E-state index contributed by atoms with van der Waals surface area (Å²) in [7, 11) is 2.17. The Morgan fingerprint density at radius 2 is 1.72 bits per heavy atom. The smallest absolute Gasteiger partial charge is 0.0982 e. The molecular formula is C16H24N2. The van der Waals surface area contributed by atoms with Crippen LogP contribution in [0.1, 0.15) is 37.5 Å². The molecule has 2 heteroatoms. The molecule has 2 nitrogen and oxygen atoms in total. The number of hydrogen-bond donors (Lipinski definition) is 0. The van der Waals surface area contributed by atoms with Crippen LogP contribution < -0.4 is 0 Å². The largest absolute Gasteiger partial charge is 0.357 e. The highest BCUT2D eigenvalue weighted by atomic mass is 15.4. The molecule has 98 valence electrons. The van der Waals surface area contributed by atoms with Gasteiger partial charge in [0.2, 0.25) is 0 Å². The summed E-state index contributed by atoms with van der Waals surface area (Å²) < 4.78 is 0. The van der Waals surface area contributed by atoms with Crippen molar-refractivity contribution in [2.75, 3.05) is 7.05 Å². The zero-order chi connectivity index (χ0) is 13.4. The lowest BCUT2D eigenvalue weighted by molar-refractivity contribution is 0.173. The first-order valence-electron chi connectivity index (χ1n) is 6.65. The van der Waals surface area contributed by atoms with Gasteiger partial charge >= 0.3 is 0 Å². The van der Waals surface area contributed by atoms with Crippen molar-refractivity contribution in [3.05, 3.63) is 46.3 Å². The van der Waals surface area contributed by atoms with Gasteiger partial charge in [0.25, 0.3) is 0 Å². The summed E-state index contributed by atoms with van der Waals surface area (Å²) in [5, 5.41) is 0. The van der Waals surface area contributed by atoms with Gasteiger partial charge in [-0.1, -0.05) is 18.2 Å². The molecular weight excluding hydrogens is 220 g/mol. The molecule has 1 aliphatic rings. The molecule has 0 saturated heterocycles. The Morgan fingerprint density at radius 1 is 1.06 bits per heavy atom. The van der Waals surface area contributed by atoms with E-state index in [0.717, 1.165) is 6.54 Å². The van der Waals surface area contributed by atoms with Gasteiger partial charge in [0, 0.05) is 25.0 Å². The van der Waals surface area contributed by atoms with Crippen molar-refractivity contribution >= 4 is 0 Å². The summed E-state index contributed by atoms with van der Waals surface area (Å²) in [6.07, 6.45) is 0.449. The van der Waals surface area contributed by atoms with Crippen molar-refractivity contribution in [3.8, 4) is 0 Å². The first kappa shape index (κ1) is 13.0. The molecule has 0 unspecified atom stereocenters. The minimum absolute atomic E-state index is 0.449. The number of nitrogens with zero attached hydrogens (tertiary/aromatic N) is 2. The van der Waals surface area contributed by atoms with Crippen molar-refractivity contribution in [1.29, 1.82) is 0 Å². The van der Waals surface area contributed by atoms with Gasteiger partial charge in [-0.3, -0.25) is 0 Å². The van der Waals surface area contributed by atoms with Crippen molar-refractivity contribution < 1.29 is 0 Å². The van der Waals surface area contributed by atoms with E-state index in [9.17, 15) is 0 Å².